The number of aromatic nitrogens is 3. The maximum Gasteiger partial charge on any atom is 0.421 e. The zero-order chi connectivity index (χ0) is 22.7. The van der Waals surface area contributed by atoms with Crippen molar-refractivity contribution in [2.45, 2.75) is 32.0 Å². The van der Waals surface area contributed by atoms with E-state index in [1.165, 1.54) is 0 Å². The number of anilines is 4. The van der Waals surface area contributed by atoms with Crippen molar-refractivity contribution in [1.82, 2.24) is 25.2 Å². The van der Waals surface area contributed by atoms with Gasteiger partial charge >= 0.3 is 6.18 Å². The SMILES string of the molecule is Cc1nc(Nc2nc(N[C@H]3CCCNC3)ncc2C(F)(F)F)ccc1N1CCN(C)CC1. The molecule has 2 aromatic heterocycles. The van der Waals surface area contributed by atoms with Crippen LogP contribution in [0.4, 0.5) is 36.4 Å². The van der Waals surface area contributed by atoms with Crippen LogP contribution < -0.4 is 20.9 Å². The molecular formula is C21H29F3N8. The van der Waals surface area contributed by atoms with Gasteiger partial charge in [0.25, 0.3) is 0 Å². The molecule has 2 fully saturated rings. The topological polar surface area (TPSA) is 81.2 Å². The Morgan fingerprint density at radius 1 is 1.12 bits per heavy atom. The fourth-order valence-electron chi connectivity index (χ4n) is 4.04. The summed E-state index contributed by atoms with van der Waals surface area (Å²) in [6, 6.07) is 3.68. The highest BCUT2D eigenvalue weighted by molar-refractivity contribution is 5.62. The number of nitrogens with zero attached hydrogens (tertiary/aromatic N) is 5. The summed E-state index contributed by atoms with van der Waals surface area (Å²) >= 11 is 0. The molecule has 174 valence electrons. The number of pyridine rings is 1. The summed E-state index contributed by atoms with van der Waals surface area (Å²) in [4.78, 5) is 17.1. The second kappa shape index (κ2) is 9.45. The molecule has 32 heavy (non-hydrogen) atoms. The molecule has 3 N–H and O–H groups in total. The summed E-state index contributed by atoms with van der Waals surface area (Å²) in [6.07, 6.45) is -1.86. The molecule has 2 aromatic rings. The van der Waals surface area contributed by atoms with E-state index in [-0.39, 0.29) is 17.8 Å². The molecule has 2 saturated heterocycles. The van der Waals surface area contributed by atoms with E-state index in [0.717, 1.165) is 69.7 Å². The van der Waals surface area contributed by atoms with Gasteiger partial charge in [-0.05, 0) is 45.5 Å². The van der Waals surface area contributed by atoms with E-state index in [1.807, 2.05) is 13.0 Å². The Balaban J connectivity index is 1.55. The molecule has 0 aromatic carbocycles. The third kappa shape index (κ3) is 5.39. The number of nitrogens with one attached hydrogen (secondary N) is 3. The Hall–Kier alpha value is -2.66. The van der Waals surface area contributed by atoms with Crippen LogP contribution in [0.1, 0.15) is 24.1 Å². The minimum atomic E-state index is -4.58. The van der Waals surface area contributed by atoms with Crippen LogP contribution in [-0.4, -0.2) is 72.2 Å². The molecule has 0 bridgehead atoms. The number of likely N-dealkylation sites (N-methyl/N-ethyl adjacent to an activating group) is 1. The molecule has 0 aliphatic carbocycles. The van der Waals surface area contributed by atoms with Gasteiger partial charge in [-0.1, -0.05) is 0 Å². The molecule has 0 spiro atoms. The number of aryl methyl sites for hydroxylation is 1. The second-order valence-electron chi connectivity index (χ2n) is 8.36. The summed E-state index contributed by atoms with van der Waals surface area (Å²) in [7, 11) is 2.09. The van der Waals surface area contributed by atoms with Gasteiger partial charge in [0.1, 0.15) is 17.2 Å². The van der Waals surface area contributed by atoms with Crippen LogP contribution in [0.2, 0.25) is 0 Å². The van der Waals surface area contributed by atoms with Gasteiger partial charge in [0.05, 0.1) is 11.4 Å². The average Bonchev–Trinajstić information content (AvgIpc) is 2.75. The third-order valence-electron chi connectivity index (χ3n) is 5.87. The van der Waals surface area contributed by atoms with Crippen LogP contribution in [0.5, 0.6) is 0 Å². The quantitative estimate of drug-likeness (QED) is 0.642. The predicted octanol–water partition coefficient (Wildman–Crippen LogP) is 2.86. The highest BCUT2D eigenvalue weighted by Gasteiger charge is 2.35. The number of piperazine rings is 1. The van der Waals surface area contributed by atoms with E-state index < -0.39 is 11.7 Å². The van der Waals surface area contributed by atoms with E-state index in [0.29, 0.717) is 5.82 Å². The molecule has 4 rings (SSSR count). The van der Waals surface area contributed by atoms with Crippen LogP contribution in [0.15, 0.2) is 18.3 Å². The summed E-state index contributed by atoms with van der Waals surface area (Å²) < 4.78 is 40.7. The van der Waals surface area contributed by atoms with Crippen LogP contribution in [0.25, 0.3) is 0 Å². The smallest absolute Gasteiger partial charge is 0.368 e. The summed E-state index contributed by atoms with van der Waals surface area (Å²) in [6.45, 7) is 7.23. The van der Waals surface area contributed by atoms with Crippen molar-refractivity contribution in [3.05, 3.63) is 29.6 Å². The first-order valence-corrected chi connectivity index (χ1v) is 10.9. The minimum absolute atomic E-state index is 0.0802. The van der Waals surface area contributed by atoms with Crippen LogP contribution in [0, 0.1) is 6.92 Å². The maximum absolute atomic E-state index is 13.6. The second-order valence-corrected chi connectivity index (χ2v) is 8.36. The Kier molecular flexibility index (Phi) is 6.66. The minimum Gasteiger partial charge on any atom is -0.368 e. The van der Waals surface area contributed by atoms with Gasteiger partial charge in [-0.15, -0.1) is 0 Å². The lowest BCUT2D eigenvalue weighted by Crippen LogP contribution is -2.44. The molecule has 11 heteroatoms. The van der Waals surface area contributed by atoms with Crippen molar-refractivity contribution in [1.29, 1.82) is 0 Å². The predicted molar refractivity (Wildman–Crippen MR) is 119 cm³/mol. The molecule has 0 saturated carbocycles. The number of hydrogen-bond acceptors (Lipinski definition) is 8. The molecule has 0 unspecified atom stereocenters. The van der Waals surface area contributed by atoms with Crippen molar-refractivity contribution >= 4 is 23.3 Å². The molecule has 4 heterocycles. The lowest BCUT2D eigenvalue weighted by molar-refractivity contribution is -0.137. The zero-order valence-electron chi connectivity index (χ0n) is 18.3. The van der Waals surface area contributed by atoms with Crippen LogP contribution in [-0.2, 0) is 6.18 Å². The van der Waals surface area contributed by atoms with Crippen molar-refractivity contribution in [2.75, 3.05) is 61.8 Å². The zero-order valence-corrected chi connectivity index (χ0v) is 18.3. The van der Waals surface area contributed by atoms with E-state index in [4.69, 9.17) is 0 Å². The lowest BCUT2D eigenvalue weighted by Gasteiger charge is -2.34. The molecule has 2 aliphatic heterocycles. The first-order chi connectivity index (χ1) is 15.3. The van der Waals surface area contributed by atoms with Gasteiger partial charge in [-0.3, -0.25) is 0 Å². The fraction of sp³-hybridized carbons (Fsp3) is 0.571. The van der Waals surface area contributed by atoms with E-state index in [9.17, 15) is 13.2 Å². The van der Waals surface area contributed by atoms with Gasteiger partial charge in [0.15, 0.2) is 0 Å². The number of halogens is 3. The Morgan fingerprint density at radius 2 is 1.91 bits per heavy atom. The highest BCUT2D eigenvalue weighted by Crippen LogP contribution is 2.35. The van der Waals surface area contributed by atoms with Gasteiger partial charge < -0.3 is 25.8 Å². The third-order valence-corrected chi connectivity index (χ3v) is 5.87. The van der Waals surface area contributed by atoms with Crippen molar-refractivity contribution in [2.24, 2.45) is 0 Å². The number of alkyl halides is 3. The monoisotopic (exact) mass is 450 g/mol. The largest absolute Gasteiger partial charge is 0.421 e. The number of hydrogen-bond donors (Lipinski definition) is 3. The molecule has 0 amide bonds. The Morgan fingerprint density at radius 3 is 2.56 bits per heavy atom. The van der Waals surface area contributed by atoms with Crippen LogP contribution in [0.3, 0.4) is 0 Å². The normalized spacial score (nSPS) is 20.3. The van der Waals surface area contributed by atoms with E-state index in [2.05, 4.69) is 47.7 Å². The standard InChI is InChI=1S/C21H29F3N8/c1-14-17(32-10-8-31(2)9-11-32)5-6-18(27-14)29-19-16(21(22,23)24)13-26-20(30-19)28-15-4-3-7-25-12-15/h5-6,13,15,25H,3-4,7-12H2,1-2H3,(H2,26,27,28,29,30)/t15-/m0/s1. The molecular weight excluding hydrogens is 421 g/mol. The van der Waals surface area contributed by atoms with Gasteiger partial charge in [0, 0.05) is 45.0 Å². The summed E-state index contributed by atoms with van der Waals surface area (Å²) in [5.74, 6) is 0.174. The summed E-state index contributed by atoms with van der Waals surface area (Å²) in [5, 5.41) is 9.16. The van der Waals surface area contributed by atoms with Crippen LogP contribution >= 0.6 is 0 Å². The highest BCUT2D eigenvalue weighted by atomic mass is 19.4. The van der Waals surface area contributed by atoms with Gasteiger partial charge in [-0.2, -0.15) is 18.2 Å². The van der Waals surface area contributed by atoms with Crippen molar-refractivity contribution in [3.8, 4) is 0 Å². The fourth-order valence-corrected chi connectivity index (χ4v) is 4.04. The van der Waals surface area contributed by atoms with Crippen molar-refractivity contribution in [3.63, 3.8) is 0 Å². The van der Waals surface area contributed by atoms with E-state index in [1.54, 1.807) is 6.07 Å². The van der Waals surface area contributed by atoms with Crippen molar-refractivity contribution < 1.29 is 13.2 Å². The number of rotatable bonds is 5. The first-order valence-electron chi connectivity index (χ1n) is 10.9. The Labute approximate surface area is 185 Å². The number of piperidine rings is 1. The lowest BCUT2D eigenvalue weighted by atomic mass is 10.1. The average molecular weight is 451 g/mol. The Bertz CT molecular complexity index is 922. The molecule has 2 aliphatic rings. The molecule has 0 radical (unpaired) electrons. The van der Waals surface area contributed by atoms with Gasteiger partial charge in [-0.25, -0.2) is 9.97 Å². The molecule has 1 atom stereocenters. The maximum atomic E-state index is 13.6. The first kappa shape index (κ1) is 22.5. The summed E-state index contributed by atoms with van der Waals surface area (Å²) in [5.41, 5.74) is 0.829. The molecule has 8 nitrogen and oxygen atoms in total. The van der Waals surface area contributed by atoms with E-state index >= 15 is 0 Å². The van der Waals surface area contributed by atoms with Gasteiger partial charge in [0.2, 0.25) is 5.95 Å².